The molecule has 0 bridgehead atoms. The quantitative estimate of drug-likeness (QED) is 0.0335. The predicted octanol–water partition coefficient (Wildman–Crippen LogP) is -1.87. The van der Waals surface area contributed by atoms with Gasteiger partial charge in [0.2, 0.25) is 5.91 Å². The minimum Gasteiger partial charge on any atom is -0.394 e. The van der Waals surface area contributed by atoms with Crippen LogP contribution in [-0.4, -0.2) is 193 Å². The first-order valence-corrected chi connectivity index (χ1v) is 21.1. The molecule has 0 aliphatic carbocycles. The first kappa shape index (κ1) is 51.6. The third kappa shape index (κ3) is 15.5. The molecule has 3 aliphatic rings. The van der Waals surface area contributed by atoms with Crippen molar-refractivity contribution in [2.75, 3.05) is 26.4 Å². The zero-order valence-corrected chi connectivity index (χ0v) is 34.2. The summed E-state index contributed by atoms with van der Waals surface area (Å²) in [6, 6.07) is -0.977. The van der Waals surface area contributed by atoms with Gasteiger partial charge in [-0.3, -0.25) is 4.79 Å². The second kappa shape index (κ2) is 27.4. The Kier molecular flexibility index (Phi) is 23.9. The van der Waals surface area contributed by atoms with Gasteiger partial charge < -0.3 is 89.9 Å². The number of amides is 1. The minimum absolute atomic E-state index is 0.227. The molecule has 0 saturated carbocycles. The smallest absolute Gasteiger partial charge is 0.220 e. The molecular weight excluding hydrogens is 782 g/mol. The topological polar surface area (TPSA) is 307 Å². The highest BCUT2D eigenvalue weighted by Crippen LogP contribution is 2.32. The predicted molar refractivity (Wildman–Crippen MR) is 208 cm³/mol. The van der Waals surface area contributed by atoms with Crippen molar-refractivity contribution in [3.8, 4) is 0 Å². The Morgan fingerprint density at radius 2 is 1.08 bits per heavy atom. The molecule has 17 atom stereocenters. The summed E-state index contributed by atoms with van der Waals surface area (Å²) >= 11 is 0. The molecule has 0 spiro atoms. The molecule has 3 fully saturated rings. The van der Waals surface area contributed by atoms with Crippen molar-refractivity contribution in [2.45, 2.75) is 195 Å². The second-order valence-electron chi connectivity index (χ2n) is 15.4. The van der Waals surface area contributed by atoms with E-state index in [0.717, 1.165) is 38.5 Å². The van der Waals surface area contributed by atoms with Gasteiger partial charge >= 0.3 is 0 Å². The van der Waals surface area contributed by atoms with Crippen molar-refractivity contribution in [1.82, 2.24) is 5.32 Å². The summed E-state index contributed by atoms with van der Waals surface area (Å²) in [5, 5.41) is 118. The molecule has 59 heavy (non-hydrogen) atoms. The zero-order chi connectivity index (χ0) is 43.5. The molecule has 3 heterocycles. The molecule has 344 valence electrons. The van der Waals surface area contributed by atoms with Crippen LogP contribution in [0.3, 0.4) is 0 Å². The Labute approximate surface area is 346 Å². The molecule has 19 nitrogen and oxygen atoms in total. The summed E-state index contributed by atoms with van der Waals surface area (Å²) in [7, 11) is 0. The van der Waals surface area contributed by atoms with E-state index in [1.165, 1.54) is 19.3 Å². The van der Waals surface area contributed by atoms with Gasteiger partial charge in [-0.05, 0) is 32.1 Å². The van der Waals surface area contributed by atoms with E-state index in [4.69, 9.17) is 28.4 Å². The highest BCUT2D eigenvalue weighted by Gasteiger charge is 2.53. The van der Waals surface area contributed by atoms with Crippen molar-refractivity contribution in [2.24, 2.45) is 0 Å². The van der Waals surface area contributed by atoms with Crippen LogP contribution in [0, 0.1) is 0 Å². The number of nitrogens with one attached hydrogen (secondary N) is 1. The van der Waals surface area contributed by atoms with Gasteiger partial charge in [0.1, 0.15) is 73.2 Å². The summed E-state index contributed by atoms with van der Waals surface area (Å²) in [5.41, 5.74) is 0. The van der Waals surface area contributed by atoms with E-state index in [9.17, 15) is 61.0 Å². The van der Waals surface area contributed by atoms with Gasteiger partial charge in [-0.2, -0.15) is 0 Å². The summed E-state index contributed by atoms with van der Waals surface area (Å²) in [5.74, 6) is -0.310. The average Bonchev–Trinajstić information content (AvgIpc) is 3.23. The van der Waals surface area contributed by atoms with E-state index >= 15 is 0 Å². The standard InChI is InChI=1S/C40H71NO18/c1-3-5-7-9-10-11-12-13-14-15-17-24(45)23(41-28(46)18-16-8-6-4-2)22-54-38-34(52)31(49)36(26(20-43)56-38)59-40-35(53)32(50)37(27(21-44)57-40)58-39-33(51)30(48)29(47)25(19-42)55-39/h11-12,15,17,23-27,29-40,42-45,47-53H,3-10,13-14,16,18-22H2,1-2H3,(H,41,46)/b12-11+,17-15+. The molecule has 0 radical (unpaired) electrons. The molecule has 0 aromatic rings. The maximum absolute atomic E-state index is 12.8. The number of carbonyl (C=O) groups excluding carboxylic acids is 1. The van der Waals surface area contributed by atoms with Crippen LogP contribution in [0.5, 0.6) is 0 Å². The molecule has 0 aromatic heterocycles. The fourth-order valence-electron chi connectivity index (χ4n) is 7.08. The van der Waals surface area contributed by atoms with E-state index in [2.05, 4.69) is 31.3 Å². The molecule has 0 aromatic carbocycles. The monoisotopic (exact) mass is 853 g/mol. The van der Waals surface area contributed by atoms with Gasteiger partial charge in [0.15, 0.2) is 18.9 Å². The van der Waals surface area contributed by atoms with Crippen LogP contribution in [0.1, 0.15) is 90.9 Å². The number of unbranched alkanes of at least 4 members (excludes halogenated alkanes) is 8. The minimum atomic E-state index is -1.97. The van der Waals surface area contributed by atoms with Crippen LogP contribution < -0.4 is 5.32 Å². The second-order valence-corrected chi connectivity index (χ2v) is 15.4. The largest absolute Gasteiger partial charge is 0.394 e. The van der Waals surface area contributed by atoms with Crippen molar-refractivity contribution >= 4 is 5.91 Å². The lowest BCUT2D eigenvalue weighted by atomic mass is 9.96. The van der Waals surface area contributed by atoms with Crippen LogP contribution in [0.25, 0.3) is 0 Å². The maximum Gasteiger partial charge on any atom is 0.220 e. The number of rotatable bonds is 26. The zero-order valence-electron chi connectivity index (χ0n) is 34.2. The normalized spacial score (nSPS) is 36.6. The molecule has 3 rings (SSSR count). The van der Waals surface area contributed by atoms with Gasteiger partial charge in [-0.25, -0.2) is 0 Å². The highest BCUT2D eigenvalue weighted by molar-refractivity contribution is 5.76. The number of hydrogen-bond donors (Lipinski definition) is 12. The van der Waals surface area contributed by atoms with Crippen molar-refractivity contribution in [3.63, 3.8) is 0 Å². The average molecular weight is 854 g/mol. The van der Waals surface area contributed by atoms with E-state index < -0.39 is 124 Å². The van der Waals surface area contributed by atoms with Crippen LogP contribution in [0.15, 0.2) is 24.3 Å². The fraction of sp³-hybridized carbons (Fsp3) is 0.875. The molecular formula is C40H71NO18. The van der Waals surface area contributed by atoms with Crippen LogP contribution >= 0.6 is 0 Å². The molecule has 3 aliphatic heterocycles. The maximum atomic E-state index is 12.8. The summed E-state index contributed by atoms with van der Waals surface area (Å²) < 4.78 is 33.8. The lowest BCUT2D eigenvalue weighted by Gasteiger charge is -2.48. The summed E-state index contributed by atoms with van der Waals surface area (Å²) in [6.07, 6.45) is -8.33. The van der Waals surface area contributed by atoms with Gasteiger partial charge in [-0.15, -0.1) is 0 Å². The molecule has 12 N–H and O–H groups in total. The number of ether oxygens (including phenoxy) is 6. The Bertz CT molecular complexity index is 1210. The number of aliphatic hydroxyl groups is 11. The molecule has 17 unspecified atom stereocenters. The van der Waals surface area contributed by atoms with Gasteiger partial charge in [0.25, 0.3) is 0 Å². The lowest BCUT2D eigenvalue weighted by molar-refractivity contribution is -0.379. The van der Waals surface area contributed by atoms with Gasteiger partial charge in [0.05, 0.1) is 38.6 Å². The first-order chi connectivity index (χ1) is 28.3. The molecule has 1 amide bonds. The number of allylic oxidation sites excluding steroid dienone is 3. The lowest BCUT2D eigenvalue weighted by Crippen LogP contribution is -2.66. The third-order valence-corrected chi connectivity index (χ3v) is 10.8. The summed E-state index contributed by atoms with van der Waals surface area (Å²) in [6.45, 7) is 1.43. The van der Waals surface area contributed by atoms with Gasteiger partial charge in [-0.1, -0.05) is 76.7 Å². The van der Waals surface area contributed by atoms with Crippen LogP contribution in [-0.2, 0) is 33.2 Å². The van der Waals surface area contributed by atoms with Gasteiger partial charge in [0, 0.05) is 6.42 Å². The Balaban J connectivity index is 1.63. The third-order valence-electron chi connectivity index (χ3n) is 10.8. The van der Waals surface area contributed by atoms with E-state index in [1.54, 1.807) is 12.2 Å². The SMILES string of the molecule is CCCCCC/C=C/CC/C=C/C(O)C(COC1OC(CO)C(OC2OC(CO)C(OC3OC(CO)C(O)C(O)C3O)C(O)C2O)C(O)C1O)NC(=O)CCCCCC. The van der Waals surface area contributed by atoms with Crippen molar-refractivity contribution in [3.05, 3.63) is 24.3 Å². The number of hydrogen-bond acceptors (Lipinski definition) is 18. The van der Waals surface area contributed by atoms with Crippen LogP contribution in [0.2, 0.25) is 0 Å². The first-order valence-electron chi connectivity index (χ1n) is 21.1. The van der Waals surface area contributed by atoms with E-state index in [0.29, 0.717) is 12.8 Å². The fourth-order valence-corrected chi connectivity index (χ4v) is 7.08. The Morgan fingerprint density at radius 3 is 1.66 bits per heavy atom. The van der Waals surface area contributed by atoms with Crippen molar-refractivity contribution < 1.29 is 89.4 Å². The van der Waals surface area contributed by atoms with E-state index in [-0.39, 0.29) is 18.9 Å². The Hall–Kier alpha value is -1.73. The molecule has 19 heteroatoms. The summed E-state index contributed by atoms with van der Waals surface area (Å²) in [4.78, 5) is 12.8. The number of aliphatic hydroxyl groups excluding tert-OH is 11. The van der Waals surface area contributed by atoms with Crippen molar-refractivity contribution in [1.29, 1.82) is 0 Å². The van der Waals surface area contributed by atoms with E-state index in [1.807, 2.05) is 0 Å². The van der Waals surface area contributed by atoms with Crippen LogP contribution in [0.4, 0.5) is 0 Å². The Morgan fingerprint density at radius 1 is 0.593 bits per heavy atom. The highest BCUT2D eigenvalue weighted by atomic mass is 16.8. The number of carbonyl (C=O) groups is 1. The molecule has 3 saturated heterocycles.